The molecular weight excluding hydrogens is 192 g/mol. The average molecular weight is 197 g/mol. The second-order valence-electron chi connectivity index (χ2n) is 2.81. The van der Waals surface area contributed by atoms with Gasteiger partial charge < -0.3 is 4.42 Å². The van der Waals surface area contributed by atoms with Crippen molar-refractivity contribution in [3.8, 4) is 0 Å². The van der Waals surface area contributed by atoms with Crippen LogP contribution in [0, 0.1) is 11.6 Å². The van der Waals surface area contributed by atoms with Crippen molar-refractivity contribution in [3.05, 3.63) is 29.7 Å². The van der Waals surface area contributed by atoms with Gasteiger partial charge in [-0.05, 0) is 0 Å². The maximum atomic E-state index is 13.0. The maximum Gasteiger partial charge on any atom is 0.264 e. The van der Waals surface area contributed by atoms with Crippen molar-refractivity contribution in [1.82, 2.24) is 4.98 Å². The number of fused-ring (bicyclic) bond motifs is 1. The summed E-state index contributed by atoms with van der Waals surface area (Å²) in [5.41, 5.74) is -0.190. The summed E-state index contributed by atoms with van der Waals surface area (Å²) in [4.78, 5) is 14.4. The van der Waals surface area contributed by atoms with Crippen molar-refractivity contribution in [2.45, 2.75) is 6.92 Å². The van der Waals surface area contributed by atoms with Crippen LogP contribution in [0.15, 0.2) is 16.5 Å². The van der Waals surface area contributed by atoms with Crippen LogP contribution in [-0.4, -0.2) is 10.8 Å². The average Bonchev–Trinajstić information content (AvgIpc) is 2.47. The molecule has 0 spiro atoms. The predicted octanol–water partition coefficient (Wildman–Crippen LogP) is 2.31. The first-order valence-electron chi connectivity index (χ1n) is 3.84. The summed E-state index contributed by atoms with van der Waals surface area (Å²) in [5.74, 6) is -2.25. The molecule has 0 radical (unpaired) electrons. The van der Waals surface area contributed by atoms with E-state index in [1.54, 1.807) is 0 Å². The van der Waals surface area contributed by atoms with E-state index in [9.17, 15) is 13.6 Å². The second-order valence-corrected chi connectivity index (χ2v) is 2.81. The molecule has 0 aliphatic rings. The molecule has 0 aliphatic heterocycles. The van der Waals surface area contributed by atoms with Crippen LogP contribution in [-0.2, 0) is 0 Å². The van der Waals surface area contributed by atoms with Crippen molar-refractivity contribution in [2.75, 3.05) is 0 Å². The number of Topliss-reactive ketones (excluding diaryl/α,β-unsaturated/α-hetero) is 1. The largest absolute Gasteiger partial charge is 0.433 e. The molecule has 1 heterocycles. The molecule has 0 bridgehead atoms. The summed E-state index contributed by atoms with van der Waals surface area (Å²) in [7, 11) is 0. The van der Waals surface area contributed by atoms with Gasteiger partial charge in [-0.3, -0.25) is 4.79 Å². The highest BCUT2D eigenvalue weighted by atomic mass is 19.1. The number of carbonyl (C=O) groups is 1. The Hall–Kier alpha value is -1.78. The van der Waals surface area contributed by atoms with Gasteiger partial charge in [0.15, 0.2) is 11.4 Å². The fraction of sp³-hybridized carbons (Fsp3) is 0.111. The highest BCUT2D eigenvalue weighted by Crippen LogP contribution is 2.20. The molecule has 0 fully saturated rings. The number of benzene rings is 1. The third-order valence-electron chi connectivity index (χ3n) is 1.71. The van der Waals surface area contributed by atoms with E-state index < -0.39 is 17.4 Å². The Morgan fingerprint density at radius 1 is 1.43 bits per heavy atom. The van der Waals surface area contributed by atoms with Crippen LogP contribution in [0.2, 0.25) is 0 Å². The van der Waals surface area contributed by atoms with Crippen molar-refractivity contribution in [2.24, 2.45) is 0 Å². The van der Waals surface area contributed by atoms with Crippen molar-refractivity contribution in [1.29, 1.82) is 0 Å². The summed E-state index contributed by atoms with van der Waals surface area (Å²) >= 11 is 0. The standard InChI is InChI=1S/C9H5F2NO2/c1-4(13)9-12-8-6(11)2-5(10)3-7(8)14-9/h2-3H,1H3. The molecule has 0 aliphatic carbocycles. The Morgan fingerprint density at radius 2 is 2.14 bits per heavy atom. The molecule has 5 heteroatoms. The van der Waals surface area contributed by atoms with Gasteiger partial charge in [0.25, 0.3) is 5.89 Å². The van der Waals surface area contributed by atoms with Crippen LogP contribution in [0.4, 0.5) is 8.78 Å². The summed E-state index contributed by atoms with van der Waals surface area (Å²) < 4.78 is 30.6. The van der Waals surface area contributed by atoms with Crippen LogP contribution < -0.4 is 0 Å². The van der Waals surface area contributed by atoms with Gasteiger partial charge >= 0.3 is 0 Å². The van der Waals surface area contributed by atoms with E-state index in [-0.39, 0.29) is 17.0 Å². The fourth-order valence-corrected chi connectivity index (χ4v) is 1.11. The number of nitrogens with zero attached hydrogens (tertiary/aromatic N) is 1. The number of aromatic nitrogens is 1. The Bertz CT molecular complexity index is 519. The topological polar surface area (TPSA) is 43.1 Å². The minimum absolute atomic E-state index is 0.0623. The zero-order chi connectivity index (χ0) is 10.3. The molecule has 1 aromatic heterocycles. The van der Waals surface area contributed by atoms with Crippen LogP contribution in [0.1, 0.15) is 17.6 Å². The Balaban J connectivity index is 2.76. The van der Waals surface area contributed by atoms with Crippen LogP contribution >= 0.6 is 0 Å². The van der Waals surface area contributed by atoms with E-state index in [0.717, 1.165) is 6.07 Å². The predicted molar refractivity (Wildman–Crippen MR) is 43.9 cm³/mol. The van der Waals surface area contributed by atoms with E-state index in [4.69, 9.17) is 4.42 Å². The first kappa shape index (κ1) is 8.80. The van der Waals surface area contributed by atoms with E-state index in [1.165, 1.54) is 6.92 Å². The molecule has 0 unspecified atom stereocenters. The lowest BCUT2D eigenvalue weighted by molar-refractivity contribution is 0.0983. The molecule has 2 aromatic rings. The first-order valence-corrected chi connectivity index (χ1v) is 3.84. The molecular formula is C9H5F2NO2. The number of hydrogen-bond acceptors (Lipinski definition) is 3. The summed E-state index contributed by atoms with van der Waals surface area (Å²) in [6, 6.07) is 1.67. The van der Waals surface area contributed by atoms with Gasteiger partial charge in [-0.2, -0.15) is 0 Å². The minimum Gasteiger partial charge on any atom is -0.433 e. The number of hydrogen-bond donors (Lipinski definition) is 0. The summed E-state index contributed by atoms with van der Waals surface area (Å²) in [6.07, 6.45) is 0. The van der Waals surface area contributed by atoms with Crippen LogP contribution in [0.3, 0.4) is 0 Å². The summed E-state index contributed by atoms with van der Waals surface area (Å²) in [6.45, 7) is 1.24. The number of rotatable bonds is 1. The zero-order valence-electron chi connectivity index (χ0n) is 7.17. The minimum atomic E-state index is -0.837. The normalized spacial score (nSPS) is 10.8. The second kappa shape index (κ2) is 2.87. The molecule has 14 heavy (non-hydrogen) atoms. The molecule has 0 N–H and O–H groups in total. The maximum absolute atomic E-state index is 13.0. The lowest BCUT2D eigenvalue weighted by atomic mass is 10.3. The van der Waals surface area contributed by atoms with E-state index in [1.807, 2.05) is 0 Å². The third-order valence-corrected chi connectivity index (χ3v) is 1.71. The Kier molecular flexibility index (Phi) is 1.80. The van der Waals surface area contributed by atoms with Gasteiger partial charge in [-0.25, -0.2) is 13.8 Å². The van der Waals surface area contributed by atoms with Gasteiger partial charge in [0, 0.05) is 19.1 Å². The fourth-order valence-electron chi connectivity index (χ4n) is 1.11. The molecule has 0 saturated heterocycles. The third kappa shape index (κ3) is 1.26. The SMILES string of the molecule is CC(=O)c1nc2c(F)cc(F)cc2o1. The van der Waals surface area contributed by atoms with E-state index in [0.29, 0.717) is 6.07 Å². The quantitative estimate of drug-likeness (QED) is 0.659. The molecule has 0 amide bonds. The van der Waals surface area contributed by atoms with Crippen LogP contribution in [0.5, 0.6) is 0 Å². The Morgan fingerprint density at radius 3 is 2.79 bits per heavy atom. The lowest BCUT2D eigenvalue weighted by Gasteiger charge is -1.88. The molecule has 2 rings (SSSR count). The monoisotopic (exact) mass is 197 g/mol. The van der Waals surface area contributed by atoms with Crippen molar-refractivity contribution < 1.29 is 18.0 Å². The number of carbonyl (C=O) groups excluding carboxylic acids is 1. The first-order chi connectivity index (χ1) is 6.58. The van der Waals surface area contributed by atoms with E-state index >= 15 is 0 Å². The van der Waals surface area contributed by atoms with Gasteiger partial charge in [-0.1, -0.05) is 0 Å². The smallest absolute Gasteiger partial charge is 0.264 e. The molecule has 72 valence electrons. The number of oxazole rings is 1. The molecule has 1 aromatic carbocycles. The molecule has 3 nitrogen and oxygen atoms in total. The van der Waals surface area contributed by atoms with Crippen LogP contribution in [0.25, 0.3) is 11.1 Å². The number of halogens is 2. The zero-order valence-corrected chi connectivity index (χ0v) is 7.17. The van der Waals surface area contributed by atoms with Crippen molar-refractivity contribution >= 4 is 16.9 Å². The summed E-state index contributed by atoms with van der Waals surface area (Å²) in [5, 5.41) is 0. The lowest BCUT2D eigenvalue weighted by Crippen LogP contribution is -1.90. The van der Waals surface area contributed by atoms with Crippen molar-refractivity contribution in [3.63, 3.8) is 0 Å². The Labute approximate surface area is 77.3 Å². The highest BCUT2D eigenvalue weighted by molar-refractivity contribution is 5.92. The van der Waals surface area contributed by atoms with Gasteiger partial charge in [0.1, 0.15) is 11.3 Å². The number of ketones is 1. The molecule has 0 saturated carbocycles. The van der Waals surface area contributed by atoms with E-state index in [2.05, 4.69) is 4.98 Å². The van der Waals surface area contributed by atoms with Gasteiger partial charge in [-0.15, -0.1) is 0 Å². The van der Waals surface area contributed by atoms with Gasteiger partial charge in [0.05, 0.1) is 0 Å². The highest BCUT2D eigenvalue weighted by Gasteiger charge is 2.14. The van der Waals surface area contributed by atoms with Gasteiger partial charge in [0.2, 0.25) is 5.78 Å². The molecule has 0 atom stereocenters.